The van der Waals surface area contributed by atoms with E-state index in [9.17, 15) is 14.7 Å². The van der Waals surface area contributed by atoms with Crippen LogP contribution in [0.5, 0.6) is 5.75 Å². The second-order valence-electron chi connectivity index (χ2n) is 7.41. The van der Waals surface area contributed by atoms with E-state index in [4.69, 9.17) is 16.3 Å². The summed E-state index contributed by atoms with van der Waals surface area (Å²) in [7, 11) is 1.36. The summed E-state index contributed by atoms with van der Waals surface area (Å²) in [5.74, 6) is -0.785. The first kappa shape index (κ1) is 23.4. The van der Waals surface area contributed by atoms with E-state index in [1.165, 1.54) is 7.11 Å². The third-order valence-electron chi connectivity index (χ3n) is 5.15. The number of carboxylic acids is 1. The Morgan fingerprint density at radius 2 is 1.38 bits per heavy atom. The van der Waals surface area contributed by atoms with Crippen LogP contribution in [-0.2, 0) is 27.2 Å². The molecule has 0 spiro atoms. The molecule has 3 aromatic carbocycles. The highest BCUT2D eigenvalue weighted by Crippen LogP contribution is 2.23. The summed E-state index contributed by atoms with van der Waals surface area (Å²) in [5.41, 5.74) is 4.14. The molecule has 0 saturated carbocycles. The minimum Gasteiger partial charge on any atom is -0.479 e. The average Bonchev–Trinajstić information content (AvgIpc) is 2.81. The van der Waals surface area contributed by atoms with Crippen molar-refractivity contribution in [2.24, 2.45) is 0 Å². The van der Waals surface area contributed by atoms with Crippen LogP contribution in [0.1, 0.15) is 24.0 Å². The van der Waals surface area contributed by atoms with E-state index in [1.807, 2.05) is 60.7 Å². The number of rotatable bonds is 10. The van der Waals surface area contributed by atoms with Crippen molar-refractivity contribution in [1.29, 1.82) is 0 Å². The quantitative estimate of drug-likeness (QED) is 0.406. The number of hydrogen-bond donors (Lipinski definition) is 1. The van der Waals surface area contributed by atoms with Crippen LogP contribution < -0.4 is 4.74 Å². The fourth-order valence-corrected chi connectivity index (χ4v) is 3.41. The van der Waals surface area contributed by atoms with Crippen LogP contribution >= 0.6 is 11.6 Å². The maximum absolute atomic E-state index is 11.7. The number of aryl methyl sites for hydroxylation is 2. The highest BCUT2D eigenvalue weighted by molar-refractivity contribution is 6.30. The van der Waals surface area contributed by atoms with E-state index >= 15 is 0 Å². The second kappa shape index (κ2) is 11.3. The number of benzene rings is 3. The molecule has 0 aromatic heterocycles. The summed E-state index contributed by atoms with van der Waals surface area (Å²) < 4.78 is 10.3. The van der Waals surface area contributed by atoms with Crippen LogP contribution in [-0.4, -0.2) is 30.3 Å². The number of hydrogen-bond acceptors (Lipinski definition) is 4. The van der Waals surface area contributed by atoms with Crippen molar-refractivity contribution in [3.8, 4) is 16.9 Å². The molecule has 0 aliphatic rings. The Morgan fingerprint density at radius 3 is 1.94 bits per heavy atom. The smallest absolute Gasteiger partial charge is 0.344 e. The fraction of sp³-hybridized carbons (Fsp3) is 0.231. The zero-order valence-electron chi connectivity index (χ0n) is 17.8. The van der Waals surface area contributed by atoms with Crippen LogP contribution in [0.25, 0.3) is 11.1 Å². The number of methoxy groups -OCH3 is 1. The predicted octanol–water partition coefficient (Wildman–Crippen LogP) is 5.58. The van der Waals surface area contributed by atoms with Crippen molar-refractivity contribution in [3.05, 3.63) is 88.9 Å². The molecule has 1 unspecified atom stereocenters. The van der Waals surface area contributed by atoms with Gasteiger partial charge in [0.2, 0.25) is 0 Å². The number of carbonyl (C=O) groups is 2. The van der Waals surface area contributed by atoms with Gasteiger partial charge in [-0.1, -0.05) is 60.1 Å². The summed E-state index contributed by atoms with van der Waals surface area (Å²) in [6, 6.07) is 22.8. The lowest BCUT2D eigenvalue weighted by Gasteiger charge is -2.15. The molecule has 0 aliphatic heterocycles. The number of ether oxygens (including phenoxy) is 2. The van der Waals surface area contributed by atoms with Crippen LogP contribution in [0.3, 0.4) is 0 Å². The summed E-state index contributed by atoms with van der Waals surface area (Å²) >= 11 is 5.94. The van der Waals surface area contributed by atoms with Gasteiger partial charge in [0.15, 0.2) is 6.10 Å². The summed E-state index contributed by atoms with van der Waals surface area (Å²) in [6.07, 6.45) is 0.827. The van der Waals surface area contributed by atoms with E-state index in [0.717, 1.165) is 22.3 Å². The molecule has 5 nitrogen and oxygen atoms in total. The van der Waals surface area contributed by atoms with Crippen molar-refractivity contribution in [3.63, 3.8) is 0 Å². The topological polar surface area (TPSA) is 72.8 Å². The Balaban J connectivity index is 1.55. The molecule has 166 valence electrons. The highest BCUT2D eigenvalue weighted by atomic mass is 35.5. The van der Waals surface area contributed by atoms with Gasteiger partial charge in [-0.05, 0) is 65.8 Å². The van der Waals surface area contributed by atoms with Gasteiger partial charge < -0.3 is 14.6 Å². The molecule has 32 heavy (non-hydrogen) atoms. The SMILES string of the molecule is COC(=O)CCc1ccc(OC(CCc2ccc(-c3ccc(Cl)cc3)cc2)C(=O)O)cc1. The van der Waals surface area contributed by atoms with Gasteiger partial charge >= 0.3 is 11.9 Å². The first-order valence-corrected chi connectivity index (χ1v) is 10.7. The molecule has 3 aromatic rings. The Labute approximate surface area is 192 Å². The zero-order chi connectivity index (χ0) is 22.9. The molecule has 3 rings (SSSR count). The van der Waals surface area contributed by atoms with Crippen molar-refractivity contribution in [2.75, 3.05) is 7.11 Å². The molecule has 0 radical (unpaired) electrons. The third-order valence-corrected chi connectivity index (χ3v) is 5.40. The monoisotopic (exact) mass is 452 g/mol. The van der Waals surface area contributed by atoms with Crippen LogP contribution in [0.15, 0.2) is 72.8 Å². The molecule has 6 heteroatoms. The lowest BCUT2D eigenvalue weighted by atomic mass is 10.0. The molecule has 1 atom stereocenters. The summed E-state index contributed by atoms with van der Waals surface area (Å²) in [6.45, 7) is 0. The average molecular weight is 453 g/mol. The molecule has 0 amide bonds. The second-order valence-corrected chi connectivity index (χ2v) is 7.84. The molecule has 1 N–H and O–H groups in total. The maximum Gasteiger partial charge on any atom is 0.344 e. The standard InChI is InChI=1S/C26H25ClO5/c1-31-25(28)17-7-19-4-14-23(15-5-19)32-24(26(29)30)16-6-18-2-8-20(9-3-18)21-10-12-22(27)13-11-21/h2-5,8-15,24H,6-7,16-17H2,1H3,(H,29,30). The molecular weight excluding hydrogens is 428 g/mol. The van der Waals surface area contributed by atoms with Crippen molar-refractivity contribution in [1.82, 2.24) is 0 Å². The lowest BCUT2D eigenvalue weighted by Crippen LogP contribution is -2.27. The molecular formula is C26H25ClO5. The van der Waals surface area contributed by atoms with Crippen LogP contribution in [0.2, 0.25) is 5.02 Å². The zero-order valence-corrected chi connectivity index (χ0v) is 18.5. The number of carboxylic acid groups (broad SMARTS) is 1. The van der Waals surface area contributed by atoms with E-state index in [0.29, 0.717) is 36.5 Å². The number of aliphatic carboxylic acids is 1. The van der Waals surface area contributed by atoms with Crippen molar-refractivity contribution < 1.29 is 24.2 Å². The van der Waals surface area contributed by atoms with E-state index in [-0.39, 0.29) is 5.97 Å². The van der Waals surface area contributed by atoms with Gasteiger partial charge in [0.1, 0.15) is 5.75 Å². The fourth-order valence-electron chi connectivity index (χ4n) is 3.28. The minimum atomic E-state index is -1.00. The van der Waals surface area contributed by atoms with E-state index in [2.05, 4.69) is 4.74 Å². The maximum atomic E-state index is 11.7. The lowest BCUT2D eigenvalue weighted by molar-refractivity contribution is -0.145. The van der Waals surface area contributed by atoms with Crippen molar-refractivity contribution >= 4 is 23.5 Å². The van der Waals surface area contributed by atoms with Gasteiger partial charge in [0.05, 0.1) is 7.11 Å². The number of halogens is 1. The van der Waals surface area contributed by atoms with Gasteiger partial charge in [-0.15, -0.1) is 0 Å². The van der Waals surface area contributed by atoms with E-state index in [1.54, 1.807) is 12.1 Å². The molecule has 0 heterocycles. The van der Waals surface area contributed by atoms with Gasteiger partial charge in [0, 0.05) is 11.4 Å². The first-order valence-electron chi connectivity index (χ1n) is 10.3. The molecule has 0 fully saturated rings. The van der Waals surface area contributed by atoms with Crippen LogP contribution in [0.4, 0.5) is 0 Å². The van der Waals surface area contributed by atoms with Crippen LogP contribution in [0, 0.1) is 0 Å². The summed E-state index contributed by atoms with van der Waals surface area (Å²) in [5, 5.41) is 10.3. The Bertz CT molecular complexity index is 1030. The number of esters is 1. The highest BCUT2D eigenvalue weighted by Gasteiger charge is 2.19. The Hall–Kier alpha value is -3.31. The molecule has 0 saturated heterocycles. The normalized spacial score (nSPS) is 11.6. The van der Waals surface area contributed by atoms with Gasteiger partial charge in [-0.2, -0.15) is 0 Å². The minimum absolute atomic E-state index is 0.266. The van der Waals surface area contributed by atoms with Gasteiger partial charge in [0.25, 0.3) is 0 Å². The van der Waals surface area contributed by atoms with Crippen molar-refractivity contribution in [2.45, 2.75) is 31.8 Å². The molecule has 0 aliphatic carbocycles. The summed E-state index contributed by atoms with van der Waals surface area (Å²) in [4.78, 5) is 22.9. The van der Waals surface area contributed by atoms with Gasteiger partial charge in [-0.3, -0.25) is 4.79 Å². The first-order chi connectivity index (χ1) is 15.4. The Kier molecular flexibility index (Phi) is 8.28. The predicted molar refractivity (Wildman–Crippen MR) is 124 cm³/mol. The van der Waals surface area contributed by atoms with Gasteiger partial charge in [-0.25, -0.2) is 4.79 Å². The molecule has 0 bridgehead atoms. The Morgan fingerprint density at radius 1 is 0.844 bits per heavy atom. The third kappa shape index (κ3) is 6.86. The largest absolute Gasteiger partial charge is 0.479 e. The number of carbonyl (C=O) groups excluding carboxylic acids is 1. The van der Waals surface area contributed by atoms with E-state index < -0.39 is 12.1 Å².